The Morgan fingerprint density at radius 2 is 1.81 bits per heavy atom. The Kier molecular flexibility index (Phi) is 4.52. The Bertz CT molecular complexity index is 1090. The van der Waals surface area contributed by atoms with Gasteiger partial charge in [-0.05, 0) is 25.0 Å². The van der Waals surface area contributed by atoms with Gasteiger partial charge in [-0.1, -0.05) is 48.5 Å². The van der Waals surface area contributed by atoms with Gasteiger partial charge in [0.2, 0.25) is 0 Å². The Morgan fingerprint density at radius 3 is 2.48 bits per heavy atom. The van der Waals surface area contributed by atoms with Crippen LogP contribution in [0.25, 0.3) is 11.0 Å². The molecule has 1 saturated heterocycles. The van der Waals surface area contributed by atoms with Gasteiger partial charge in [0.05, 0.1) is 11.5 Å². The molecule has 4 rings (SSSR count). The van der Waals surface area contributed by atoms with E-state index in [0.717, 1.165) is 16.5 Å². The van der Waals surface area contributed by atoms with Crippen LogP contribution in [0.5, 0.6) is 0 Å². The quantitative estimate of drug-likeness (QED) is 0.691. The molecule has 0 unspecified atom stereocenters. The molecule has 0 aliphatic carbocycles. The third-order valence-electron chi connectivity index (χ3n) is 5.14. The summed E-state index contributed by atoms with van der Waals surface area (Å²) in [4.78, 5) is 15.0. The van der Waals surface area contributed by atoms with Crippen molar-refractivity contribution in [3.8, 4) is 0 Å². The smallest absolute Gasteiger partial charge is 0.290 e. The predicted molar refractivity (Wildman–Crippen MR) is 104 cm³/mol. The van der Waals surface area contributed by atoms with Gasteiger partial charge < -0.3 is 9.32 Å². The van der Waals surface area contributed by atoms with E-state index in [2.05, 4.69) is 0 Å². The second-order valence-electron chi connectivity index (χ2n) is 7.03. The summed E-state index contributed by atoms with van der Waals surface area (Å²) in [6.07, 6.45) is 0.459. The van der Waals surface area contributed by atoms with E-state index in [1.807, 2.05) is 61.5 Å². The maximum absolute atomic E-state index is 13.4. The number of benzene rings is 2. The molecule has 6 heteroatoms. The summed E-state index contributed by atoms with van der Waals surface area (Å²) in [5.74, 6) is 0.159. The van der Waals surface area contributed by atoms with E-state index in [1.54, 1.807) is 4.90 Å². The molecule has 2 aromatic carbocycles. The molecule has 1 amide bonds. The van der Waals surface area contributed by atoms with Crippen molar-refractivity contribution in [2.24, 2.45) is 0 Å². The molecule has 140 valence electrons. The van der Waals surface area contributed by atoms with Gasteiger partial charge in [0.1, 0.15) is 5.58 Å². The van der Waals surface area contributed by atoms with Gasteiger partial charge in [0.25, 0.3) is 5.91 Å². The fourth-order valence-electron chi connectivity index (χ4n) is 3.68. The highest BCUT2D eigenvalue weighted by atomic mass is 32.2. The van der Waals surface area contributed by atoms with E-state index < -0.39 is 9.84 Å². The second kappa shape index (κ2) is 6.85. The number of hydrogen-bond acceptors (Lipinski definition) is 4. The lowest BCUT2D eigenvalue weighted by molar-refractivity contribution is 0.0649. The molecular formula is C21H21NO4S. The van der Waals surface area contributed by atoms with E-state index >= 15 is 0 Å². The molecule has 1 atom stereocenters. The number of sulfone groups is 1. The van der Waals surface area contributed by atoms with Crippen LogP contribution in [0.15, 0.2) is 59.0 Å². The molecule has 1 aliphatic rings. The van der Waals surface area contributed by atoms with Crippen molar-refractivity contribution >= 4 is 26.7 Å². The highest BCUT2D eigenvalue weighted by Gasteiger charge is 2.36. The summed E-state index contributed by atoms with van der Waals surface area (Å²) in [6, 6.07) is 16.8. The number of carbonyl (C=O) groups is 1. The number of fused-ring (bicyclic) bond motifs is 1. The zero-order valence-corrected chi connectivity index (χ0v) is 15.9. The number of rotatable bonds is 4. The van der Waals surface area contributed by atoms with Crippen molar-refractivity contribution in [3.63, 3.8) is 0 Å². The average Bonchev–Trinajstić information content (AvgIpc) is 3.20. The number of para-hydroxylation sites is 1. The first-order valence-corrected chi connectivity index (χ1v) is 10.8. The van der Waals surface area contributed by atoms with Crippen molar-refractivity contribution in [3.05, 3.63) is 71.5 Å². The molecule has 1 aliphatic heterocycles. The molecule has 0 N–H and O–H groups in total. The molecule has 0 saturated carbocycles. The summed E-state index contributed by atoms with van der Waals surface area (Å²) in [5, 5.41) is 0.902. The molecule has 27 heavy (non-hydrogen) atoms. The largest absolute Gasteiger partial charge is 0.451 e. The normalized spacial score (nSPS) is 18.6. The van der Waals surface area contributed by atoms with Crippen LogP contribution in [0.4, 0.5) is 0 Å². The van der Waals surface area contributed by atoms with Gasteiger partial charge in [-0.25, -0.2) is 8.42 Å². The third kappa shape index (κ3) is 3.49. The van der Waals surface area contributed by atoms with Crippen LogP contribution < -0.4 is 0 Å². The fraction of sp³-hybridized carbons (Fsp3) is 0.286. The number of carbonyl (C=O) groups excluding carboxylic acids is 1. The minimum atomic E-state index is -3.11. The highest BCUT2D eigenvalue weighted by Crippen LogP contribution is 2.29. The van der Waals surface area contributed by atoms with Gasteiger partial charge in [-0.15, -0.1) is 0 Å². The number of hydrogen-bond donors (Lipinski definition) is 0. The Morgan fingerprint density at radius 1 is 1.11 bits per heavy atom. The molecule has 3 aromatic rings. The van der Waals surface area contributed by atoms with Crippen molar-refractivity contribution in [1.29, 1.82) is 0 Å². The first kappa shape index (κ1) is 17.8. The summed E-state index contributed by atoms with van der Waals surface area (Å²) in [7, 11) is -3.11. The van der Waals surface area contributed by atoms with Gasteiger partial charge >= 0.3 is 0 Å². The zero-order chi connectivity index (χ0) is 19.0. The van der Waals surface area contributed by atoms with Crippen LogP contribution in [0.1, 0.15) is 28.1 Å². The molecule has 0 bridgehead atoms. The fourth-order valence-corrected chi connectivity index (χ4v) is 5.41. The molecular weight excluding hydrogens is 362 g/mol. The standard InChI is InChI=1S/C21H21NO4S/c1-15-18-9-5-6-10-19(18)26-20(15)21(23)22(13-16-7-3-2-4-8-16)17-11-12-27(24,25)14-17/h2-10,17H,11-14H2,1H3/t17-/m0/s1. The van der Waals surface area contributed by atoms with Gasteiger partial charge in [0, 0.05) is 23.5 Å². The van der Waals surface area contributed by atoms with Gasteiger partial charge in [-0.2, -0.15) is 0 Å². The van der Waals surface area contributed by atoms with Crippen LogP contribution in [-0.2, 0) is 16.4 Å². The Hall–Kier alpha value is -2.60. The molecule has 5 nitrogen and oxygen atoms in total. The van der Waals surface area contributed by atoms with Crippen molar-refractivity contribution in [1.82, 2.24) is 4.90 Å². The summed E-state index contributed by atoms with van der Waals surface area (Å²) in [5.41, 5.74) is 2.41. The zero-order valence-electron chi connectivity index (χ0n) is 15.1. The minimum Gasteiger partial charge on any atom is -0.451 e. The molecule has 0 spiro atoms. The molecule has 1 fully saturated rings. The summed E-state index contributed by atoms with van der Waals surface area (Å²) >= 11 is 0. The summed E-state index contributed by atoms with van der Waals surface area (Å²) in [6.45, 7) is 2.22. The Balaban J connectivity index is 1.72. The molecule has 1 aromatic heterocycles. The lowest BCUT2D eigenvalue weighted by atomic mass is 10.1. The number of aryl methyl sites for hydroxylation is 1. The topological polar surface area (TPSA) is 67.6 Å². The number of furan rings is 1. The van der Waals surface area contributed by atoms with E-state index in [1.165, 1.54) is 0 Å². The average molecular weight is 383 g/mol. The van der Waals surface area contributed by atoms with E-state index in [-0.39, 0.29) is 29.2 Å². The second-order valence-corrected chi connectivity index (χ2v) is 9.26. The van der Waals surface area contributed by atoms with Crippen molar-refractivity contribution in [2.75, 3.05) is 11.5 Å². The van der Waals surface area contributed by atoms with Gasteiger partial charge in [0.15, 0.2) is 15.6 Å². The predicted octanol–water partition coefficient (Wildman–Crippen LogP) is 3.57. The lowest BCUT2D eigenvalue weighted by Gasteiger charge is -2.28. The molecule has 0 radical (unpaired) electrons. The first-order valence-electron chi connectivity index (χ1n) is 8.98. The van der Waals surface area contributed by atoms with E-state index in [4.69, 9.17) is 4.42 Å². The van der Waals surface area contributed by atoms with Crippen LogP contribution in [0, 0.1) is 6.92 Å². The van der Waals surface area contributed by atoms with E-state index in [9.17, 15) is 13.2 Å². The van der Waals surface area contributed by atoms with Crippen LogP contribution >= 0.6 is 0 Å². The number of amides is 1. The van der Waals surface area contributed by atoms with Crippen LogP contribution in [0.3, 0.4) is 0 Å². The SMILES string of the molecule is Cc1c(C(=O)N(Cc2ccccc2)[C@H]2CCS(=O)(=O)C2)oc2ccccc12. The Labute approximate surface area is 158 Å². The van der Waals surface area contributed by atoms with Crippen molar-refractivity contribution < 1.29 is 17.6 Å². The maximum atomic E-state index is 13.4. The van der Waals surface area contributed by atoms with E-state index in [0.29, 0.717) is 18.5 Å². The van der Waals surface area contributed by atoms with Gasteiger partial charge in [-0.3, -0.25) is 4.79 Å². The highest BCUT2D eigenvalue weighted by molar-refractivity contribution is 7.91. The molecule has 2 heterocycles. The minimum absolute atomic E-state index is 0.00481. The van der Waals surface area contributed by atoms with Crippen LogP contribution in [0.2, 0.25) is 0 Å². The first-order chi connectivity index (χ1) is 12.9. The number of nitrogens with zero attached hydrogens (tertiary/aromatic N) is 1. The maximum Gasteiger partial charge on any atom is 0.290 e. The van der Waals surface area contributed by atoms with Crippen molar-refractivity contribution in [2.45, 2.75) is 25.9 Å². The van der Waals surface area contributed by atoms with Crippen LogP contribution in [-0.4, -0.2) is 36.8 Å². The summed E-state index contributed by atoms with van der Waals surface area (Å²) < 4.78 is 29.9. The lowest BCUT2D eigenvalue weighted by Crippen LogP contribution is -2.40. The third-order valence-corrected chi connectivity index (χ3v) is 6.89. The monoisotopic (exact) mass is 383 g/mol.